The third-order valence-corrected chi connectivity index (χ3v) is 2.68. The van der Waals surface area contributed by atoms with Gasteiger partial charge < -0.3 is 9.15 Å². The summed E-state index contributed by atoms with van der Waals surface area (Å²) in [6.07, 6.45) is -0.215. The predicted octanol–water partition coefficient (Wildman–Crippen LogP) is 1.50. The van der Waals surface area contributed by atoms with Crippen molar-refractivity contribution in [3.63, 3.8) is 0 Å². The first kappa shape index (κ1) is 11.6. The third kappa shape index (κ3) is 1.77. The quantitative estimate of drug-likeness (QED) is 0.691. The van der Waals surface area contributed by atoms with Crippen LogP contribution in [0.2, 0.25) is 0 Å². The van der Waals surface area contributed by atoms with Crippen molar-refractivity contribution < 1.29 is 18.7 Å². The molecule has 0 N–H and O–H groups in total. The van der Waals surface area contributed by atoms with Crippen LogP contribution in [0.1, 0.15) is 46.7 Å². The lowest BCUT2D eigenvalue weighted by molar-refractivity contribution is 0.0855. The summed E-state index contributed by atoms with van der Waals surface area (Å²) in [4.78, 5) is 34.9. The minimum Gasteiger partial charge on any atom is -0.488 e. The van der Waals surface area contributed by atoms with E-state index in [1.165, 1.54) is 13.8 Å². The largest absolute Gasteiger partial charge is 0.488 e. The van der Waals surface area contributed by atoms with Crippen molar-refractivity contribution in [1.82, 2.24) is 0 Å². The average Bonchev–Trinajstić information content (AvgIpc) is 2.13. The molecule has 0 saturated heterocycles. The van der Waals surface area contributed by atoms with Gasteiger partial charge in [-0.1, -0.05) is 0 Å². The summed E-state index contributed by atoms with van der Waals surface area (Å²) in [5.41, 5.74) is -0.696. The van der Waals surface area contributed by atoms with Crippen molar-refractivity contribution >= 4 is 11.6 Å². The summed E-state index contributed by atoms with van der Waals surface area (Å²) in [5, 5.41) is 0. The van der Waals surface area contributed by atoms with Crippen LogP contribution in [0.3, 0.4) is 0 Å². The van der Waals surface area contributed by atoms with Gasteiger partial charge in [-0.3, -0.25) is 9.59 Å². The Morgan fingerprint density at radius 1 is 1.35 bits per heavy atom. The highest BCUT2D eigenvalue weighted by Crippen LogP contribution is 2.31. The molecule has 0 fully saturated rings. The lowest BCUT2D eigenvalue weighted by atomic mass is 9.98. The number of ether oxygens (including phenoxy) is 1. The number of carbonyl (C=O) groups excluding carboxylic acids is 2. The smallest absolute Gasteiger partial charge is 0.350 e. The maximum Gasteiger partial charge on any atom is 0.350 e. The van der Waals surface area contributed by atoms with Crippen LogP contribution in [-0.2, 0) is 0 Å². The van der Waals surface area contributed by atoms with E-state index in [9.17, 15) is 14.4 Å². The molecule has 2 rings (SSSR count). The lowest BCUT2D eigenvalue weighted by Crippen LogP contribution is -2.30. The molecule has 0 saturated carbocycles. The van der Waals surface area contributed by atoms with E-state index in [4.69, 9.17) is 9.15 Å². The molecule has 1 aromatic heterocycles. The van der Waals surface area contributed by atoms with E-state index in [-0.39, 0.29) is 46.7 Å². The second-order valence-corrected chi connectivity index (χ2v) is 4.14. The summed E-state index contributed by atoms with van der Waals surface area (Å²) < 4.78 is 10.4. The number of hydrogen-bond donors (Lipinski definition) is 0. The van der Waals surface area contributed by atoms with Gasteiger partial charge >= 0.3 is 5.63 Å². The van der Waals surface area contributed by atoms with Crippen molar-refractivity contribution in [2.45, 2.75) is 33.3 Å². The number of fused-ring (bicyclic) bond motifs is 1. The summed E-state index contributed by atoms with van der Waals surface area (Å²) in [7, 11) is 0. The van der Waals surface area contributed by atoms with Gasteiger partial charge in [-0.15, -0.1) is 0 Å². The van der Waals surface area contributed by atoms with Crippen molar-refractivity contribution in [2.24, 2.45) is 0 Å². The number of rotatable bonds is 1. The van der Waals surface area contributed by atoms with Gasteiger partial charge in [0.2, 0.25) is 0 Å². The van der Waals surface area contributed by atoms with Crippen LogP contribution in [0, 0.1) is 6.92 Å². The van der Waals surface area contributed by atoms with Gasteiger partial charge in [0, 0.05) is 6.42 Å². The molecule has 90 valence electrons. The molecule has 0 bridgehead atoms. The molecule has 5 nitrogen and oxygen atoms in total. The Labute approximate surface area is 97.4 Å². The molecule has 2 heterocycles. The summed E-state index contributed by atoms with van der Waals surface area (Å²) in [6.45, 7) is 4.57. The fourth-order valence-corrected chi connectivity index (χ4v) is 1.99. The van der Waals surface area contributed by atoms with Crippen LogP contribution in [-0.4, -0.2) is 17.7 Å². The Bertz CT molecular complexity index is 567. The van der Waals surface area contributed by atoms with E-state index in [2.05, 4.69) is 0 Å². The van der Waals surface area contributed by atoms with Crippen LogP contribution < -0.4 is 10.4 Å². The molecule has 0 spiro atoms. The Kier molecular flexibility index (Phi) is 2.61. The van der Waals surface area contributed by atoms with Crippen molar-refractivity contribution in [3.05, 3.63) is 27.3 Å². The highest BCUT2D eigenvalue weighted by molar-refractivity contribution is 6.05. The minimum atomic E-state index is -0.737. The minimum absolute atomic E-state index is 0.0787. The first-order valence-electron chi connectivity index (χ1n) is 5.30. The molecule has 17 heavy (non-hydrogen) atoms. The number of carbonyl (C=O) groups is 2. The van der Waals surface area contributed by atoms with Gasteiger partial charge in [0.1, 0.15) is 17.4 Å². The van der Waals surface area contributed by atoms with Gasteiger partial charge in [-0.2, -0.15) is 0 Å². The number of hydrogen-bond acceptors (Lipinski definition) is 5. The fourth-order valence-electron chi connectivity index (χ4n) is 1.99. The highest BCUT2D eigenvalue weighted by atomic mass is 16.5. The Balaban J connectivity index is 2.81. The standard InChI is InChI=1S/C12H12O5/c1-5-4-8(14)10-11(16-5)9(6(2)13)7(3)17-12(10)15/h5H,4H2,1-3H3. The molecule has 1 aliphatic heterocycles. The second-order valence-electron chi connectivity index (χ2n) is 4.14. The first-order valence-corrected chi connectivity index (χ1v) is 5.30. The molecule has 1 aromatic rings. The Morgan fingerprint density at radius 3 is 2.59 bits per heavy atom. The molecular weight excluding hydrogens is 224 g/mol. The molecule has 1 unspecified atom stereocenters. The molecule has 0 radical (unpaired) electrons. The van der Waals surface area contributed by atoms with E-state index in [1.807, 2.05) is 0 Å². The molecule has 5 heteroatoms. The average molecular weight is 236 g/mol. The third-order valence-electron chi connectivity index (χ3n) is 2.68. The SMILES string of the molecule is CC(=O)c1c(C)oc(=O)c2c1OC(C)CC2=O. The van der Waals surface area contributed by atoms with E-state index in [0.29, 0.717) is 0 Å². The zero-order valence-electron chi connectivity index (χ0n) is 9.83. The van der Waals surface area contributed by atoms with Gasteiger partial charge in [0.25, 0.3) is 0 Å². The van der Waals surface area contributed by atoms with Crippen LogP contribution in [0.25, 0.3) is 0 Å². The summed E-state index contributed by atoms with van der Waals surface area (Å²) in [6, 6.07) is 0. The van der Waals surface area contributed by atoms with Gasteiger partial charge in [0.15, 0.2) is 17.3 Å². The Morgan fingerprint density at radius 2 is 2.00 bits per heavy atom. The van der Waals surface area contributed by atoms with Crippen molar-refractivity contribution in [1.29, 1.82) is 0 Å². The predicted molar refractivity (Wildman–Crippen MR) is 58.8 cm³/mol. The van der Waals surface area contributed by atoms with E-state index in [1.54, 1.807) is 6.92 Å². The molecule has 1 atom stereocenters. The van der Waals surface area contributed by atoms with Gasteiger partial charge in [-0.05, 0) is 20.8 Å². The van der Waals surface area contributed by atoms with Crippen molar-refractivity contribution in [2.75, 3.05) is 0 Å². The molecule has 0 aromatic carbocycles. The van der Waals surface area contributed by atoms with Gasteiger partial charge in [0.05, 0.1) is 5.56 Å². The second kappa shape index (κ2) is 3.84. The first-order chi connectivity index (χ1) is 7.91. The normalized spacial score (nSPS) is 18.5. The molecular formula is C12H12O5. The maximum absolute atomic E-state index is 11.8. The van der Waals surface area contributed by atoms with E-state index >= 15 is 0 Å². The number of aryl methyl sites for hydroxylation is 1. The molecule has 0 amide bonds. The van der Waals surface area contributed by atoms with Gasteiger partial charge in [-0.25, -0.2) is 4.79 Å². The maximum atomic E-state index is 11.8. The number of ketones is 2. The highest BCUT2D eigenvalue weighted by Gasteiger charge is 2.32. The summed E-state index contributed by atoms with van der Waals surface area (Å²) in [5.74, 6) is -0.363. The van der Waals surface area contributed by atoms with Crippen LogP contribution in [0.4, 0.5) is 0 Å². The monoisotopic (exact) mass is 236 g/mol. The van der Waals surface area contributed by atoms with Crippen LogP contribution in [0.15, 0.2) is 9.21 Å². The van der Waals surface area contributed by atoms with E-state index < -0.39 is 5.63 Å². The topological polar surface area (TPSA) is 73.6 Å². The molecule has 0 aliphatic carbocycles. The van der Waals surface area contributed by atoms with Crippen LogP contribution >= 0.6 is 0 Å². The fraction of sp³-hybridized carbons (Fsp3) is 0.417. The van der Waals surface area contributed by atoms with Crippen LogP contribution in [0.5, 0.6) is 5.75 Å². The zero-order chi connectivity index (χ0) is 12.7. The lowest BCUT2D eigenvalue weighted by Gasteiger charge is -2.23. The number of Topliss-reactive ketones (excluding diaryl/α,β-unsaturated/α-hetero) is 2. The molecule has 1 aliphatic rings. The van der Waals surface area contributed by atoms with Crippen molar-refractivity contribution in [3.8, 4) is 5.75 Å². The Hall–Kier alpha value is -1.91. The van der Waals surface area contributed by atoms with E-state index in [0.717, 1.165) is 0 Å². The summed E-state index contributed by atoms with van der Waals surface area (Å²) >= 11 is 0. The zero-order valence-corrected chi connectivity index (χ0v) is 9.83.